The molecule has 0 atom stereocenters. The van der Waals surface area contributed by atoms with Gasteiger partial charge in [-0.1, -0.05) is 60.7 Å². The second-order valence-electron chi connectivity index (χ2n) is 11.3. The molecule has 2 heterocycles. The number of thioether (sulfide) groups is 1. The number of likely N-dealkylation sites (tertiary alicyclic amines) is 1. The maximum Gasteiger partial charge on any atom is 0.416 e. The molecule has 0 aliphatic carbocycles. The van der Waals surface area contributed by atoms with Crippen LogP contribution < -0.4 is 5.43 Å². The quantitative estimate of drug-likeness (QED) is 0.0948. The third kappa shape index (κ3) is 8.74. The minimum Gasteiger partial charge on any atom is -0.383 e. The molecule has 272 valence electrons. The Bertz CT molecular complexity index is 2660. The van der Waals surface area contributed by atoms with Crippen LogP contribution in [0.1, 0.15) is 48.6 Å². The summed E-state index contributed by atoms with van der Waals surface area (Å²) in [5, 5.41) is -0.0461. The molecule has 0 radical (unpaired) electrons. The fourth-order valence-corrected chi connectivity index (χ4v) is 6.37. The number of aromatic nitrogens is 1. The van der Waals surface area contributed by atoms with Crippen molar-refractivity contribution in [3.63, 3.8) is 0 Å². The number of carbonyl (C=O) groups is 1. The molecule has 1 aliphatic rings. The largest absolute Gasteiger partial charge is 0.416 e. The van der Waals surface area contributed by atoms with Gasteiger partial charge in [-0.25, -0.2) is 8.78 Å². The van der Waals surface area contributed by atoms with Crippen molar-refractivity contribution in [1.82, 2.24) is 14.4 Å². The molecule has 5 aromatic rings. The third-order valence-electron chi connectivity index (χ3n) is 7.96. The molecule has 0 unspecified atom stereocenters. The molecule has 0 N–H and O–H groups in total. The van der Waals surface area contributed by atoms with Crippen LogP contribution in [-0.4, -0.2) is 59.4 Å². The van der Waals surface area contributed by atoms with Crippen LogP contribution in [0.5, 0.6) is 0 Å². The van der Waals surface area contributed by atoms with E-state index in [0.717, 1.165) is 36.0 Å². The normalized spacial score (nSPS) is 23.2. The number of amides is 1. The Morgan fingerprint density at radius 3 is 2.38 bits per heavy atom. The molecular formula is C40H38F5N3O3S. The van der Waals surface area contributed by atoms with Gasteiger partial charge in [0.25, 0.3) is 0 Å². The van der Waals surface area contributed by atoms with Crippen LogP contribution in [0.3, 0.4) is 0 Å². The molecule has 6 rings (SSSR count). The Morgan fingerprint density at radius 2 is 1.69 bits per heavy atom. The first kappa shape index (κ1) is 23.2. The highest BCUT2D eigenvalue weighted by molar-refractivity contribution is 7.98. The number of halogens is 5. The van der Waals surface area contributed by atoms with Gasteiger partial charge in [-0.2, -0.15) is 13.2 Å². The summed E-state index contributed by atoms with van der Waals surface area (Å²) in [4.78, 5) is 28.2. The van der Waals surface area contributed by atoms with Gasteiger partial charge in [-0.3, -0.25) is 9.59 Å². The van der Waals surface area contributed by atoms with E-state index in [1.165, 1.54) is 77.4 Å². The van der Waals surface area contributed by atoms with Gasteiger partial charge in [0, 0.05) is 75.6 Å². The molecule has 1 saturated heterocycles. The van der Waals surface area contributed by atoms with Crippen LogP contribution in [0.15, 0.2) is 107 Å². The monoisotopic (exact) mass is 749 g/mol. The maximum atomic E-state index is 15.1. The number of rotatable bonds is 12. The van der Waals surface area contributed by atoms with Gasteiger partial charge >= 0.3 is 6.18 Å². The molecule has 0 bridgehead atoms. The Kier molecular flexibility index (Phi) is 7.34. The molecule has 0 spiro atoms. The van der Waals surface area contributed by atoms with E-state index in [-0.39, 0.29) is 37.7 Å². The minimum absolute atomic E-state index is 0.0192. The summed E-state index contributed by atoms with van der Waals surface area (Å²) >= 11 is 0.762. The molecule has 1 fully saturated rings. The second kappa shape index (κ2) is 16.4. The average molecular weight is 750 g/mol. The number of methoxy groups -OCH3 is 1. The molecule has 1 aliphatic heterocycles. The van der Waals surface area contributed by atoms with Crippen molar-refractivity contribution in [3.8, 4) is 11.1 Å². The molecule has 52 heavy (non-hydrogen) atoms. The fourth-order valence-electron chi connectivity index (χ4n) is 5.34. The number of nitrogens with zero attached hydrogens (tertiary/aromatic N) is 3. The molecule has 12 heteroatoms. The molecule has 6 nitrogen and oxygen atoms in total. The number of benzene rings is 4. The van der Waals surface area contributed by atoms with Gasteiger partial charge in [0.05, 0.1) is 28.2 Å². The Hall–Kier alpha value is -4.52. The van der Waals surface area contributed by atoms with Crippen molar-refractivity contribution in [1.29, 1.82) is 0 Å². The van der Waals surface area contributed by atoms with E-state index in [0.29, 0.717) is 11.1 Å². The summed E-state index contributed by atoms with van der Waals surface area (Å²) in [7, 11) is -3.33. The van der Waals surface area contributed by atoms with Crippen molar-refractivity contribution in [3.05, 3.63) is 136 Å². The Labute approximate surface area is 322 Å². The van der Waals surface area contributed by atoms with Crippen LogP contribution in [0.25, 0.3) is 22.0 Å². The highest BCUT2D eigenvalue weighted by Gasteiger charge is 2.31. The van der Waals surface area contributed by atoms with Crippen LogP contribution in [-0.2, 0) is 34.6 Å². The Morgan fingerprint density at radius 1 is 1.00 bits per heavy atom. The molecule has 1 aromatic heterocycles. The lowest BCUT2D eigenvalue weighted by Crippen LogP contribution is -2.48. The van der Waals surface area contributed by atoms with Crippen LogP contribution in [0, 0.1) is 11.6 Å². The highest BCUT2D eigenvalue weighted by atomic mass is 32.2. The number of para-hydroxylation sites is 1. The van der Waals surface area contributed by atoms with Gasteiger partial charge in [0.2, 0.25) is 5.91 Å². The number of hydrogen-bond acceptors (Lipinski definition) is 5. The van der Waals surface area contributed by atoms with E-state index in [1.54, 1.807) is 0 Å². The molecule has 0 saturated carbocycles. The van der Waals surface area contributed by atoms with Gasteiger partial charge in [0.1, 0.15) is 6.54 Å². The number of hydrogen-bond donors (Lipinski definition) is 0. The fraction of sp³-hybridized carbons (Fsp3) is 0.300. The van der Waals surface area contributed by atoms with E-state index in [9.17, 15) is 33.6 Å². The number of fused-ring (bicyclic) bond motifs is 1. The molecule has 1 amide bonds. The van der Waals surface area contributed by atoms with Crippen molar-refractivity contribution >= 4 is 28.6 Å². The summed E-state index contributed by atoms with van der Waals surface area (Å²) in [6.45, 7) is -15.5. The van der Waals surface area contributed by atoms with E-state index >= 15 is 4.79 Å². The number of pyridine rings is 1. The first-order valence-corrected chi connectivity index (χ1v) is 16.5. The summed E-state index contributed by atoms with van der Waals surface area (Å²) in [6.07, 6.45) is -12.9. The molecular weight excluding hydrogens is 698 g/mol. The number of alkyl halides is 3. The first-order valence-electron chi connectivity index (χ1n) is 22.5. The first-order chi connectivity index (χ1) is 30.3. The SMILES string of the molecule is [2H]C([2H])([2H])OCC([2H])([2H])N1C([2H])([2H])C([2H])([2H])C([2H])(N(Cc2ccc(-c3ccc(C(F)(F)F)cc3)cc2)C(=O)Cn2c(SCc3cccc(F)c3F)cc(=O)c3ccccc32)C([2H])([2H])C1([2H])[2H]. The van der Waals surface area contributed by atoms with Gasteiger partial charge in [-0.05, 0) is 59.8 Å². The van der Waals surface area contributed by atoms with Crippen LogP contribution in [0.2, 0.25) is 0 Å². The zero-order valence-electron chi connectivity index (χ0n) is 40.9. The number of ether oxygens (including phenoxy) is 1. The van der Waals surface area contributed by atoms with Crippen molar-refractivity contribution in [2.24, 2.45) is 0 Å². The van der Waals surface area contributed by atoms with Crippen molar-refractivity contribution < 1.29 is 50.7 Å². The average Bonchev–Trinajstić information content (AvgIpc) is 3.22. The van der Waals surface area contributed by atoms with Gasteiger partial charge < -0.3 is 19.1 Å². The summed E-state index contributed by atoms with van der Waals surface area (Å²) in [6, 6.07) is 15.5. The predicted octanol–water partition coefficient (Wildman–Crippen LogP) is 8.40. The summed E-state index contributed by atoms with van der Waals surface area (Å²) in [5.41, 5.74) is -1.02. The second-order valence-corrected chi connectivity index (χ2v) is 12.3. The highest BCUT2D eigenvalue weighted by Crippen LogP contribution is 2.32. The zero-order valence-corrected chi connectivity index (χ0v) is 27.7. The lowest BCUT2D eigenvalue weighted by molar-refractivity contribution is -0.137. The van der Waals surface area contributed by atoms with Crippen molar-refractivity contribution in [2.75, 3.05) is 33.1 Å². The van der Waals surface area contributed by atoms with E-state index < -0.39 is 105 Å². The summed E-state index contributed by atoms with van der Waals surface area (Å²) in [5.74, 6) is -4.08. The van der Waals surface area contributed by atoms with Crippen LogP contribution >= 0.6 is 11.8 Å². The van der Waals surface area contributed by atoms with Gasteiger partial charge in [-0.15, -0.1) is 11.8 Å². The predicted molar refractivity (Wildman–Crippen MR) is 193 cm³/mol. The third-order valence-corrected chi connectivity index (χ3v) is 9.05. The van der Waals surface area contributed by atoms with E-state index in [1.807, 2.05) is 0 Å². The summed E-state index contributed by atoms with van der Waals surface area (Å²) < 4.78 is 196. The topological polar surface area (TPSA) is 54.8 Å². The van der Waals surface area contributed by atoms with Crippen molar-refractivity contribution in [2.45, 2.75) is 48.8 Å². The van der Waals surface area contributed by atoms with Gasteiger partial charge in [0.15, 0.2) is 17.1 Å². The van der Waals surface area contributed by atoms with Crippen LogP contribution in [0.4, 0.5) is 22.0 Å². The number of piperidine rings is 1. The maximum absolute atomic E-state index is 15.1. The minimum atomic E-state index is -4.63. The standard InChI is InChI=1S/C40H38F5N3O3S/c1-51-22-21-46-19-17-32(18-20-46)47(24-27-9-11-28(12-10-27)29-13-15-31(16-14-29)40(43,44)45)37(50)25-48-35-8-3-2-6-33(35)36(49)23-38(48)52-26-30-5-4-7-34(41)39(30)42/h2-16,23,32H,17-22,24-26H2,1H3/i1D3,17D2,18D2,19D2,20D2,21D2,32D. The Balaban J connectivity index is 1.51. The zero-order chi connectivity index (χ0) is 49.2. The van der Waals surface area contributed by atoms with E-state index in [4.69, 9.17) is 12.3 Å². The molecule has 4 aromatic carbocycles. The number of carbonyl (C=O) groups excluding carboxylic acids is 1. The smallest absolute Gasteiger partial charge is 0.383 e. The lowest BCUT2D eigenvalue weighted by Gasteiger charge is -2.39. The van der Waals surface area contributed by atoms with E-state index in [2.05, 4.69) is 4.74 Å². The lowest BCUT2D eigenvalue weighted by atomic mass is 10.00.